The molecule has 0 spiro atoms. The number of nitrogens with zero attached hydrogens (tertiary/aromatic N) is 2. The topological polar surface area (TPSA) is 98.7 Å². The lowest BCUT2D eigenvalue weighted by molar-refractivity contribution is -0.131. The minimum atomic E-state index is -1.25. The van der Waals surface area contributed by atoms with Crippen LogP contribution in [-0.2, 0) is 10.3 Å². The summed E-state index contributed by atoms with van der Waals surface area (Å²) in [6.07, 6.45) is 1.36. The Morgan fingerprint density at radius 1 is 0.900 bits per heavy atom. The Hall–Kier alpha value is -3.75. The van der Waals surface area contributed by atoms with E-state index in [1.807, 2.05) is 0 Å². The summed E-state index contributed by atoms with van der Waals surface area (Å²) in [7, 11) is 6.03. The number of benzene rings is 2. The number of hydrogen-bond donors (Lipinski definition) is 1. The molecule has 1 atom stereocenters. The highest BCUT2D eigenvalue weighted by molar-refractivity contribution is 6.07. The molecule has 1 heterocycles. The van der Waals surface area contributed by atoms with E-state index >= 15 is 0 Å². The summed E-state index contributed by atoms with van der Waals surface area (Å²) in [6, 6.07) is 9.62. The zero-order valence-corrected chi connectivity index (χ0v) is 17.4. The summed E-state index contributed by atoms with van der Waals surface area (Å²) in [5.41, 5.74) is -0.126. The van der Waals surface area contributed by atoms with Gasteiger partial charge in [0, 0.05) is 5.56 Å². The van der Waals surface area contributed by atoms with Crippen LogP contribution in [0, 0.1) is 0 Å². The van der Waals surface area contributed by atoms with E-state index in [4.69, 9.17) is 18.9 Å². The van der Waals surface area contributed by atoms with Crippen LogP contribution in [0.15, 0.2) is 41.5 Å². The van der Waals surface area contributed by atoms with Gasteiger partial charge >= 0.3 is 6.03 Å². The Morgan fingerprint density at radius 2 is 1.57 bits per heavy atom. The molecular weight excluding hydrogens is 390 g/mol. The molecule has 0 radical (unpaired) electrons. The molecule has 1 N–H and O–H groups in total. The second-order valence-corrected chi connectivity index (χ2v) is 6.57. The molecule has 0 saturated carbocycles. The van der Waals surface area contributed by atoms with Crippen LogP contribution in [0.2, 0.25) is 0 Å². The molecular formula is C21H23N3O6. The maximum atomic E-state index is 13.0. The van der Waals surface area contributed by atoms with E-state index in [1.165, 1.54) is 27.5 Å². The van der Waals surface area contributed by atoms with Gasteiger partial charge in [0.2, 0.25) is 5.75 Å². The van der Waals surface area contributed by atoms with Crippen LogP contribution < -0.4 is 24.3 Å². The highest BCUT2D eigenvalue weighted by Crippen LogP contribution is 2.39. The van der Waals surface area contributed by atoms with E-state index in [0.717, 1.165) is 5.01 Å². The van der Waals surface area contributed by atoms with E-state index in [2.05, 4.69) is 10.4 Å². The molecule has 30 heavy (non-hydrogen) atoms. The van der Waals surface area contributed by atoms with Gasteiger partial charge in [-0.15, -0.1) is 5.01 Å². The van der Waals surface area contributed by atoms with E-state index in [1.54, 1.807) is 50.4 Å². The summed E-state index contributed by atoms with van der Waals surface area (Å²) in [6.45, 7) is 1.63. The van der Waals surface area contributed by atoms with Gasteiger partial charge < -0.3 is 24.3 Å². The van der Waals surface area contributed by atoms with Crippen molar-refractivity contribution in [2.75, 3.05) is 28.4 Å². The minimum absolute atomic E-state index is 0.366. The Kier molecular flexibility index (Phi) is 5.81. The van der Waals surface area contributed by atoms with Crippen molar-refractivity contribution >= 4 is 18.2 Å². The number of carbonyl (C=O) groups excluding carboxylic acids is 2. The average Bonchev–Trinajstić information content (AvgIpc) is 3.00. The highest BCUT2D eigenvalue weighted by Gasteiger charge is 2.49. The van der Waals surface area contributed by atoms with Gasteiger partial charge in [-0.05, 0) is 36.8 Å². The first-order chi connectivity index (χ1) is 14.4. The van der Waals surface area contributed by atoms with Crippen LogP contribution in [0.5, 0.6) is 23.0 Å². The molecule has 158 valence electrons. The summed E-state index contributed by atoms with van der Waals surface area (Å²) < 4.78 is 21.1. The number of ether oxygens (including phenoxy) is 4. The third-order valence-corrected chi connectivity index (χ3v) is 4.88. The fourth-order valence-electron chi connectivity index (χ4n) is 3.20. The van der Waals surface area contributed by atoms with Gasteiger partial charge in [-0.1, -0.05) is 12.1 Å². The van der Waals surface area contributed by atoms with Crippen LogP contribution >= 0.6 is 0 Å². The first-order valence-electron chi connectivity index (χ1n) is 9.03. The average molecular weight is 413 g/mol. The standard InChI is InChI=1S/C21H23N3O6/c1-21(14-7-9-15(27-2)10-8-14)19(25)24(20(26)23-21)22-12-13-6-11-16(28-3)18(30-5)17(13)29-4/h6-12H,1-5H3,(H,23,26)/b22-12-/t21-/m1/s1. The SMILES string of the molecule is COc1ccc([C@@]2(C)NC(=O)N(/N=C\c3ccc(OC)c(OC)c3OC)C2=O)cc1. The van der Waals surface area contributed by atoms with Crippen molar-refractivity contribution < 1.29 is 28.5 Å². The normalized spacial score (nSPS) is 18.5. The molecule has 1 aliphatic rings. The second-order valence-electron chi connectivity index (χ2n) is 6.57. The molecule has 0 bridgehead atoms. The number of hydrazone groups is 1. The first-order valence-corrected chi connectivity index (χ1v) is 9.03. The zero-order valence-electron chi connectivity index (χ0n) is 17.4. The molecule has 1 saturated heterocycles. The van der Waals surface area contributed by atoms with Gasteiger partial charge in [0.05, 0.1) is 34.7 Å². The van der Waals surface area contributed by atoms with Crippen molar-refractivity contribution in [3.05, 3.63) is 47.5 Å². The van der Waals surface area contributed by atoms with Gasteiger partial charge in [-0.3, -0.25) is 4.79 Å². The summed E-state index contributed by atoms with van der Waals surface area (Å²) >= 11 is 0. The van der Waals surface area contributed by atoms with E-state index in [9.17, 15) is 9.59 Å². The van der Waals surface area contributed by atoms with E-state index in [-0.39, 0.29) is 0 Å². The van der Waals surface area contributed by atoms with Crippen molar-refractivity contribution in [2.24, 2.45) is 5.10 Å². The van der Waals surface area contributed by atoms with Crippen molar-refractivity contribution in [3.8, 4) is 23.0 Å². The minimum Gasteiger partial charge on any atom is -0.497 e. The number of carbonyl (C=O) groups is 2. The highest BCUT2D eigenvalue weighted by atomic mass is 16.5. The van der Waals surface area contributed by atoms with Gasteiger partial charge in [0.25, 0.3) is 5.91 Å². The molecule has 2 aromatic rings. The van der Waals surface area contributed by atoms with Crippen molar-refractivity contribution in [1.29, 1.82) is 0 Å². The molecule has 0 aliphatic carbocycles. The lowest BCUT2D eigenvalue weighted by Crippen LogP contribution is -2.40. The number of nitrogens with one attached hydrogen (secondary N) is 1. The van der Waals surface area contributed by atoms with Crippen molar-refractivity contribution in [1.82, 2.24) is 10.3 Å². The quantitative estimate of drug-likeness (QED) is 0.553. The Morgan fingerprint density at radius 3 is 2.13 bits per heavy atom. The Labute approximate surface area is 174 Å². The van der Waals surface area contributed by atoms with E-state index < -0.39 is 17.5 Å². The molecule has 3 rings (SSSR count). The van der Waals surface area contributed by atoms with Gasteiger partial charge in [0.15, 0.2) is 11.5 Å². The summed E-state index contributed by atoms with van der Waals surface area (Å²) in [4.78, 5) is 25.5. The molecule has 1 aliphatic heterocycles. The second kappa shape index (κ2) is 8.32. The number of hydrogen-bond acceptors (Lipinski definition) is 7. The lowest BCUT2D eigenvalue weighted by atomic mass is 9.92. The first kappa shape index (κ1) is 21.0. The largest absolute Gasteiger partial charge is 0.497 e. The monoisotopic (exact) mass is 413 g/mol. The van der Waals surface area contributed by atoms with E-state index in [0.29, 0.717) is 34.1 Å². The smallest absolute Gasteiger partial charge is 0.346 e. The predicted molar refractivity (Wildman–Crippen MR) is 109 cm³/mol. The number of methoxy groups -OCH3 is 4. The Bertz CT molecular complexity index is 989. The third kappa shape index (κ3) is 3.49. The maximum Gasteiger partial charge on any atom is 0.346 e. The molecule has 0 aromatic heterocycles. The van der Waals surface area contributed by atoms with Crippen molar-refractivity contribution in [2.45, 2.75) is 12.5 Å². The lowest BCUT2D eigenvalue weighted by Gasteiger charge is -2.21. The van der Waals surface area contributed by atoms with Gasteiger partial charge in [0.1, 0.15) is 11.3 Å². The predicted octanol–water partition coefficient (Wildman–Crippen LogP) is 2.52. The van der Waals surface area contributed by atoms with Gasteiger partial charge in [-0.25, -0.2) is 4.79 Å². The van der Waals surface area contributed by atoms with Crippen LogP contribution in [0.3, 0.4) is 0 Å². The summed E-state index contributed by atoms with van der Waals surface area (Å²) in [5, 5.41) is 7.58. The number of urea groups is 1. The number of amides is 3. The maximum absolute atomic E-state index is 13.0. The number of imide groups is 1. The zero-order chi connectivity index (χ0) is 21.9. The molecule has 9 nitrogen and oxygen atoms in total. The van der Waals surface area contributed by atoms with Crippen LogP contribution in [0.4, 0.5) is 4.79 Å². The molecule has 0 unspecified atom stereocenters. The number of rotatable bonds is 7. The van der Waals surface area contributed by atoms with Crippen LogP contribution in [0.25, 0.3) is 0 Å². The van der Waals surface area contributed by atoms with Crippen LogP contribution in [0.1, 0.15) is 18.1 Å². The van der Waals surface area contributed by atoms with Gasteiger partial charge in [-0.2, -0.15) is 5.10 Å². The van der Waals surface area contributed by atoms with Crippen LogP contribution in [-0.4, -0.2) is 51.6 Å². The molecule has 2 aromatic carbocycles. The fourth-order valence-corrected chi connectivity index (χ4v) is 3.20. The van der Waals surface area contributed by atoms with Crippen molar-refractivity contribution in [3.63, 3.8) is 0 Å². The molecule has 9 heteroatoms. The summed E-state index contributed by atoms with van der Waals surface area (Å²) in [5.74, 6) is 1.37. The third-order valence-electron chi connectivity index (χ3n) is 4.88. The molecule has 3 amide bonds. The molecule has 1 fully saturated rings. The Balaban J connectivity index is 1.91. The fraction of sp³-hybridized carbons (Fsp3) is 0.286.